The van der Waals surface area contributed by atoms with E-state index in [2.05, 4.69) is 15.5 Å². The maximum atomic E-state index is 12.2. The van der Waals surface area contributed by atoms with Crippen molar-refractivity contribution in [2.75, 3.05) is 11.1 Å². The molecule has 2 aromatic heterocycles. The van der Waals surface area contributed by atoms with E-state index in [-0.39, 0.29) is 5.91 Å². The maximum Gasteiger partial charge on any atom is 0.270 e. The zero-order valence-electron chi connectivity index (χ0n) is 12.8. The van der Waals surface area contributed by atoms with Gasteiger partial charge in [0.15, 0.2) is 5.82 Å². The van der Waals surface area contributed by atoms with E-state index in [4.69, 9.17) is 4.52 Å². The van der Waals surface area contributed by atoms with Gasteiger partial charge in [0.25, 0.3) is 5.89 Å². The number of thioether (sulfide) groups is 1. The molecule has 5 nitrogen and oxygen atoms in total. The number of carbonyl (C=O) groups is 1. The average molecular weight is 349 g/mol. The standard InChI is InChI=1S/C16H19N3O2S2/c20-13(9-23-11-3-1-2-4-11)17-12-7-8-22-14(12)16-18-15(19-21-16)10-5-6-10/h7-8,10-11H,1-6,9H2,(H,17,20). The molecule has 23 heavy (non-hydrogen) atoms. The Morgan fingerprint density at radius 3 is 2.96 bits per heavy atom. The summed E-state index contributed by atoms with van der Waals surface area (Å²) in [6.07, 6.45) is 7.38. The summed E-state index contributed by atoms with van der Waals surface area (Å²) < 4.78 is 5.37. The van der Waals surface area contributed by atoms with Gasteiger partial charge in [0.05, 0.1) is 11.4 Å². The first-order valence-electron chi connectivity index (χ1n) is 8.12. The quantitative estimate of drug-likeness (QED) is 0.842. The Bertz CT molecular complexity index is 687. The molecule has 4 rings (SSSR count). The van der Waals surface area contributed by atoms with E-state index in [1.165, 1.54) is 37.0 Å². The van der Waals surface area contributed by atoms with Crippen molar-refractivity contribution in [2.24, 2.45) is 0 Å². The minimum absolute atomic E-state index is 0.0449. The van der Waals surface area contributed by atoms with E-state index in [1.54, 1.807) is 11.8 Å². The van der Waals surface area contributed by atoms with E-state index >= 15 is 0 Å². The number of hydrogen-bond donors (Lipinski definition) is 1. The molecule has 0 atom stereocenters. The lowest BCUT2D eigenvalue weighted by molar-refractivity contribution is -0.113. The van der Waals surface area contributed by atoms with Gasteiger partial charge < -0.3 is 9.84 Å². The van der Waals surface area contributed by atoms with Crippen LogP contribution in [0.4, 0.5) is 5.69 Å². The molecule has 2 aromatic rings. The van der Waals surface area contributed by atoms with Crippen LogP contribution in [-0.2, 0) is 4.79 Å². The molecule has 0 saturated heterocycles. The number of anilines is 1. The summed E-state index contributed by atoms with van der Waals surface area (Å²) in [6, 6.07) is 1.90. The normalized spacial score (nSPS) is 18.4. The van der Waals surface area contributed by atoms with Gasteiger partial charge >= 0.3 is 0 Å². The summed E-state index contributed by atoms with van der Waals surface area (Å²) in [5.74, 6) is 2.33. The largest absolute Gasteiger partial charge is 0.333 e. The Morgan fingerprint density at radius 2 is 2.17 bits per heavy atom. The highest BCUT2D eigenvalue weighted by molar-refractivity contribution is 8.00. The highest BCUT2D eigenvalue weighted by Crippen LogP contribution is 2.40. The van der Waals surface area contributed by atoms with Crippen molar-refractivity contribution in [3.8, 4) is 10.8 Å². The van der Waals surface area contributed by atoms with Crippen LogP contribution in [0.2, 0.25) is 0 Å². The summed E-state index contributed by atoms with van der Waals surface area (Å²) in [6.45, 7) is 0. The van der Waals surface area contributed by atoms with Crippen molar-refractivity contribution in [3.63, 3.8) is 0 Å². The predicted octanol–water partition coefficient (Wildman–Crippen LogP) is 4.29. The predicted molar refractivity (Wildman–Crippen MR) is 92.9 cm³/mol. The molecule has 2 heterocycles. The fourth-order valence-corrected chi connectivity index (χ4v) is 4.74. The van der Waals surface area contributed by atoms with Gasteiger partial charge in [-0.25, -0.2) is 0 Å². The maximum absolute atomic E-state index is 12.2. The first-order chi connectivity index (χ1) is 11.3. The summed E-state index contributed by atoms with van der Waals surface area (Å²) in [4.78, 5) is 17.5. The smallest absolute Gasteiger partial charge is 0.270 e. The lowest BCUT2D eigenvalue weighted by Gasteiger charge is -2.08. The molecule has 7 heteroatoms. The number of amides is 1. The van der Waals surface area contributed by atoms with Crippen LogP contribution in [0, 0.1) is 0 Å². The fraction of sp³-hybridized carbons (Fsp3) is 0.562. The van der Waals surface area contributed by atoms with Gasteiger partial charge in [-0.2, -0.15) is 4.98 Å². The molecule has 2 aliphatic carbocycles. The zero-order valence-corrected chi connectivity index (χ0v) is 14.4. The monoisotopic (exact) mass is 349 g/mol. The van der Waals surface area contributed by atoms with Crippen LogP contribution < -0.4 is 5.32 Å². The van der Waals surface area contributed by atoms with Crippen LogP contribution in [0.1, 0.15) is 50.3 Å². The molecule has 2 fully saturated rings. The molecule has 1 amide bonds. The van der Waals surface area contributed by atoms with Crippen LogP contribution in [-0.4, -0.2) is 27.1 Å². The summed E-state index contributed by atoms with van der Waals surface area (Å²) in [5.41, 5.74) is 0.776. The Hall–Kier alpha value is -1.34. The molecular formula is C16H19N3O2S2. The number of hydrogen-bond acceptors (Lipinski definition) is 6. The number of carbonyl (C=O) groups excluding carboxylic acids is 1. The Kier molecular flexibility index (Phi) is 4.39. The van der Waals surface area contributed by atoms with E-state index in [9.17, 15) is 4.79 Å². The van der Waals surface area contributed by atoms with Crippen LogP contribution in [0.5, 0.6) is 0 Å². The van der Waals surface area contributed by atoms with Crippen molar-refractivity contribution in [1.82, 2.24) is 10.1 Å². The molecule has 0 aromatic carbocycles. The van der Waals surface area contributed by atoms with Gasteiger partial charge in [-0.1, -0.05) is 18.0 Å². The van der Waals surface area contributed by atoms with E-state index < -0.39 is 0 Å². The van der Waals surface area contributed by atoms with Crippen molar-refractivity contribution >= 4 is 34.7 Å². The summed E-state index contributed by atoms with van der Waals surface area (Å²) in [5, 5.41) is 9.63. The van der Waals surface area contributed by atoms with E-state index in [0.29, 0.717) is 22.8 Å². The minimum atomic E-state index is 0.0449. The number of nitrogens with one attached hydrogen (secondary N) is 1. The number of thiophene rings is 1. The molecule has 2 saturated carbocycles. The molecule has 0 radical (unpaired) electrons. The van der Waals surface area contributed by atoms with E-state index in [1.807, 2.05) is 11.4 Å². The number of rotatable bonds is 6. The van der Waals surface area contributed by atoms with Gasteiger partial charge in [-0.15, -0.1) is 23.1 Å². The lowest BCUT2D eigenvalue weighted by atomic mass is 10.3. The Morgan fingerprint density at radius 1 is 1.35 bits per heavy atom. The second-order valence-corrected chi connectivity index (χ2v) is 8.37. The van der Waals surface area contributed by atoms with Crippen molar-refractivity contribution < 1.29 is 9.32 Å². The van der Waals surface area contributed by atoms with Gasteiger partial charge in [0.2, 0.25) is 5.91 Å². The third kappa shape index (κ3) is 3.61. The highest BCUT2D eigenvalue weighted by atomic mass is 32.2. The SMILES string of the molecule is O=C(CSC1CCCC1)Nc1ccsc1-c1nc(C2CC2)no1. The topological polar surface area (TPSA) is 68.0 Å². The number of aromatic nitrogens is 2. The molecule has 0 unspecified atom stereocenters. The van der Waals surface area contributed by atoms with Crippen LogP contribution >= 0.6 is 23.1 Å². The third-order valence-corrected chi connectivity index (χ3v) is 6.54. The summed E-state index contributed by atoms with van der Waals surface area (Å²) in [7, 11) is 0. The lowest BCUT2D eigenvalue weighted by Crippen LogP contribution is -2.15. The van der Waals surface area contributed by atoms with E-state index in [0.717, 1.165) is 29.2 Å². The molecular weight excluding hydrogens is 330 g/mol. The number of nitrogens with zero attached hydrogens (tertiary/aromatic N) is 2. The Labute approximate surface area is 143 Å². The first kappa shape index (κ1) is 15.2. The molecule has 2 aliphatic rings. The van der Waals surface area contributed by atoms with Crippen molar-refractivity contribution in [3.05, 3.63) is 17.3 Å². The van der Waals surface area contributed by atoms with Gasteiger partial charge in [-0.3, -0.25) is 4.79 Å². The fourth-order valence-electron chi connectivity index (χ4n) is 2.84. The molecule has 0 aliphatic heterocycles. The molecule has 0 bridgehead atoms. The van der Waals surface area contributed by atoms with Crippen LogP contribution in [0.25, 0.3) is 10.8 Å². The average Bonchev–Trinajstić information content (AvgIpc) is 2.99. The second kappa shape index (κ2) is 6.65. The third-order valence-electron chi connectivity index (χ3n) is 4.27. The van der Waals surface area contributed by atoms with Gasteiger partial charge in [-0.05, 0) is 37.1 Å². The molecule has 122 valence electrons. The molecule has 0 spiro atoms. The van der Waals surface area contributed by atoms with Gasteiger partial charge in [0, 0.05) is 11.2 Å². The van der Waals surface area contributed by atoms with Gasteiger partial charge in [0.1, 0.15) is 4.88 Å². The van der Waals surface area contributed by atoms with Crippen molar-refractivity contribution in [2.45, 2.75) is 49.7 Å². The minimum Gasteiger partial charge on any atom is -0.333 e. The zero-order chi connectivity index (χ0) is 15.6. The Balaban J connectivity index is 1.38. The van der Waals surface area contributed by atoms with Crippen LogP contribution in [0.15, 0.2) is 16.0 Å². The first-order valence-corrected chi connectivity index (χ1v) is 10.1. The highest BCUT2D eigenvalue weighted by Gasteiger charge is 2.29. The second-order valence-electron chi connectivity index (χ2n) is 6.16. The van der Waals surface area contributed by atoms with Crippen LogP contribution in [0.3, 0.4) is 0 Å². The molecule has 1 N–H and O–H groups in total. The van der Waals surface area contributed by atoms with Crippen molar-refractivity contribution in [1.29, 1.82) is 0 Å². The summed E-state index contributed by atoms with van der Waals surface area (Å²) >= 11 is 3.29.